The number of amides is 2. The lowest BCUT2D eigenvalue weighted by molar-refractivity contribution is -0.122. The van der Waals surface area contributed by atoms with Gasteiger partial charge in [-0.15, -0.1) is 22.7 Å². The lowest BCUT2D eigenvalue weighted by atomic mass is 10.2. The molecule has 29 heavy (non-hydrogen) atoms. The summed E-state index contributed by atoms with van der Waals surface area (Å²) in [7, 11) is 0. The summed E-state index contributed by atoms with van der Waals surface area (Å²) < 4.78 is 2.07. The van der Waals surface area contributed by atoms with E-state index >= 15 is 0 Å². The van der Waals surface area contributed by atoms with Crippen LogP contribution in [0.3, 0.4) is 0 Å². The van der Waals surface area contributed by atoms with Gasteiger partial charge in [-0.1, -0.05) is 22.0 Å². The molecule has 4 aromatic rings. The molecule has 0 aliphatic rings. The molecule has 3 aromatic heterocycles. The molecule has 0 aliphatic carbocycles. The van der Waals surface area contributed by atoms with Crippen molar-refractivity contribution in [2.24, 2.45) is 0 Å². The summed E-state index contributed by atoms with van der Waals surface area (Å²) in [6.07, 6.45) is 1.34. The highest BCUT2D eigenvalue weighted by Crippen LogP contribution is 2.33. The number of hydrazine groups is 1. The quantitative estimate of drug-likeness (QED) is 0.430. The molecule has 4 rings (SSSR count). The maximum absolute atomic E-state index is 12.9. The van der Waals surface area contributed by atoms with Gasteiger partial charge in [0.05, 0.1) is 11.7 Å². The zero-order chi connectivity index (χ0) is 20.4. The van der Waals surface area contributed by atoms with Gasteiger partial charge in [0.25, 0.3) is 17.4 Å². The summed E-state index contributed by atoms with van der Waals surface area (Å²) >= 11 is 6.22. The van der Waals surface area contributed by atoms with Crippen LogP contribution in [0.25, 0.3) is 20.7 Å². The fourth-order valence-electron chi connectivity index (χ4n) is 2.69. The predicted molar refractivity (Wildman–Crippen MR) is 117 cm³/mol. The molecule has 3 heterocycles. The smallest absolute Gasteiger partial charge is 0.269 e. The third-order valence-electron chi connectivity index (χ3n) is 4.08. The van der Waals surface area contributed by atoms with Crippen LogP contribution in [0.15, 0.2) is 62.8 Å². The second kappa shape index (κ2) is 8.27. The minimum atomic E-state index is -0.536. The van der Waals surface area contributed by atoms with Crippen LogP contribution in [0.1, 0.15) is 10.4 Å². The summed E-state index contributed by atoms with van der Waals surface area (Å²) in [4.78, 5) is 43.1. The SMILES string of the molecule is O=C(Cn1cnc2scc(-c3cccs3)c2c1=O)NNC(=O)c1ccc(Br)cc1. The number of nitrogens with zero attached hydrogens (tertiary/aromatic N) is 2. The zero-order valence-corrected chi connectivity index (χ0v) is 17.9. The Morgan fingerprint density at radius 1 is 1.10 bits per heavy atom. The van der Waals surface area contributed by atoms with E-state index in [1.807, 2.05) is 22.9 Å². The van der Waals surface area contributed by atoms with Crippen molar-refractivity contribution in [1.29, 1.82) is 0 Å². The Labute approximate surface area is 181 Å². The number of halogens is 1. The van der Waals surface area contributed by atoms with Crippen molar-refractivity contribution in [3.63, 3.8) is 0 Å². The first kappa shape index (κ1) is 19.5. The molecule has 2 N–H and O–H groups in total. The van der Waals surface area contributed by atoms with Gasteiger partial charge in [0, 0.05) is 25.9 Å². The van der Waals surface area contributed by atoms with Gasteiger partial charge in [0.1, 0.15) is 11.4 Å². The van der Waals surface area contributed by atoms with Gasteiger partial charge in [-0.2, -0.15) is 0 Å². The van der Waals surface area contributed by atoms with E-state index in [2.05, 4.69) is 31.8 Å². The van der Waals surface area contributed by atoms with Crippen LogP contribution in [-0.2, 0) is 11.3 Å². The number of aromatic nitrogens is 2. The van der Waals surface area contributed by atoms with Crippen LogP contribution in [0.5, 0.6) is 0 Å². The summed E-state index contributed by atoms with van der Waals surface area (Å²) in [5, 5.41) is 4.33. The summed E-state index contributed by atoms with van der Waals surface area (Å²) in [5.74, 6) is -0.990. The average molecular weight is 489 g/mol. The Morgan fingerprint density at radius 2 is 1.90 bits per heavy atom. The van der Waals surface area contributed by atoms with Crippen LogP contribution in [0.4, 0.5) is 0 Å². The summed E-state index contributed by atoms with van der Waals surface area (Å²) in [6.45, 7) is -0.262. The van der Waals surface area contributed by atoms with Gasteiger partial charge in [-0.3, -0.25) is 29.8 Å². The number of carbonyl (C=O) groups excluding carboxylic acids is 2. The number of fused-ring (bicyclic) bond motifs is 1. The van der Waals surface area contributed by atoms with Crippen LogP contribution in [-0.4, -0.2) is 21.4 Å². The maximum Gasteiger partial charge on any atom is 0.269 e. The number of rotatable bonds is 4. The van der Waals surface area contributed by atoms with Crippen LogP contribution < -0.4 is 16.4 Å². The first-order valence-electron chi connectivity index (χ1n) is 8.38. The molecule has 10 heteroatoms. The highest BCUT2D eigenvalue weighted by atomic mass is 79.9. The highest BCUT2D eigenvalue weighted by Gasteiger charge is 2.15. The van der Waals surface area contributed by atoms with Gasteiger partial charge < -0.3 is 0 Å². The highest BCUT2D eigenvalue weighted by molar-refractivity contribution is 9.10. The Hall–Kier alpha value is -2.82. The lowest BCUT2D eigenvalue weighted by Gasteiger charge is -2.09. The van der Waals surface area contributed by atoms with Gasteiger partial charge in [0.2, 0.25) is 0 Å². The van der Waals surface area contributed by atoms with E-state index in [1.54, 1.807) is 24.3 Å². The van der Waals surface area contributed by atoms with Crippen LogP contribution in [0, 0.1) is 0 Å². The van der Waals surface area contributed by atoms with Crippen LogP contribution >= 0.6 is 38.6 Å². The van der Waals surface area contributed by atoms with Crippen molar-refractivity contribution in [1.82, 2.24) is 20.4 Å². The molecule has 146 valence electrons. The fraction of sp³-hybridized carbons (Fsp3) is 0.0526. The second-order valence-electron chi connectivity index (χ2n) is 5.99. The molecule has 0 radical (unpaired) electrons. The van der Waals surface area contributed by atoms with E-state index in [0.29, 0.717) is 15.8 Å². The monoisotopic (exact) mass is 488 g/mol. The topological polar surface area (TPSA) is 93.1 Å². The van der Waals surface area contributed by atoms with E-state index < -0.39 is 11.8 Å². The number of thiophene rings is 2. The van der Waals surface area contributed by atoms with E-state index in [0.717, 1.165) is 14.9 Å². The predicted octanol–water partition coefficient (Wildman–Crippen LogP) is 3.41. The minimum Gasteiger partial charge on any atom is -0.289 e. The Balaban J connectivity index is 1.49. The largest absolute Gasteiger partial charge is 0.289 e. The Morgan fingerprint density at radius 3 is 2.62 bits per heavy atom. The molecule has 0 bridgehead atoms. The van der Waals surface area contributed by atoms with Crippen molar-refractivity contribution in [3.05, 3.63) is 73.9 Å². The van der Waals surface area contributed by atoms with E-state index in [9.17, 15) is 14.4 Å². The minimum absolute atomic E-state index is 0.262. The molecular weight excluding hydrogens is 476 g/mol. The van der Waals surface area contributed by atoms with Crippen molar-refractivity contribution < 1.29 is 9.59 Å². The molecule has 0 unspecified atom stereocenters. The molecule has 0 saturated heterocycles. The van der Waals surface area contributed by atoms with Gasteiger partial charge in [-0.05, 0) is 35.7 Å². The van der Waals surface area contributed by atoms with Gasteiger partial charge in [0.15, 0.2) is 0 Å². The van der Waals surface area contributed by atoms with E-state index in [-0.39, 0.29) is 12.1 Å². The zero-order valence-electron chi connectivity index (χ0n) is 14.7. The standard InChI is InChI=1S/C19H13BrN4O3S2/c20-12-5-3-11(4-6-12)17(26)23-22-15(25)8-24-10-21-18-16(19(24)27)13(9-29-18)14-2-1-7-28-14/h1-7,9-10H,8H2,(H,22,25)(H,23,26). The second-order valence-corrected chi connectivity index (χ2v) is 8.72. The third-order valence-corrected chi connectivity index (χ3v) is 6.40. The Bertz CT molecular complexity index is 1250. The maximum atomic E-state index is 12.9. The molecule has 0 atom stereocenters. The number of benzene rings is 1. The van der Waals surface area contributed by atoms with E-state index in [1.165, 1.54) is 33.6 Å². The van der Waals surface area contributed by atoms with Crippen molar-refractivity contribution in [2.45, 2.75) is 6.54 Å². The Kier molecular flexibility index (Phi) is 5.56. The fourth-order valence-corrected chi connectivity index (χ4v) is 4.67. The van der Waals surface area contributed by atoms with Crippen molar-refractivity contribution in [3.8, 4) is 10.4 Å². The molecule has 7 nitrogen and oxygen atoms in total. The lowest BCUT2D eigenvalue weighted by Crippen LogP contribution is -2.44. The number of carbonyl (C=O) groups is 2. The van der Waals surface area contributed by atoms with Gasteiger partial charge in [-0.25, -0.2) is 4.98 Å². The molecular formula is C19H13BrN4O3S2. The van der Waals surface area contributed by atoms with E-state index in [4.69, 9.17) is 0 Å². The molecule has 0 saturated carbocycles. The van der Waals surface area contributed by atoms with Gasteiger partial charge >= 0.3 is 0 Å². The first-order chi connectivity index (χ1) is 14.0. The molecule has 0 spiro atoms. The summed E-state index contributed by atoms with van der Waals surface area (Å²) in [5.41, 5.74) is 5.57. The molecule has 2 amide bonds. The van der Waals surface area contributed by atoms with Crippen molar-refractivity contribution in [2.75, 3.05) is 0 Å². The normalized spacial score (nSPS) is 10.8. The number of nitrogens with one attached hydrogen (secondary N) is 2. The first-order valence-corrected chi connectivity index (χ1v) is 10.9. The number of hydrogen-bond donors (Lipinski definition) is 2. The average Bonchev–Trinajstić information content (AvgIpc) is 3.38. The van der Waals surface area contributed by atoms with Crippen molar-refractivity contribution >= 4 is 60.6 Å². The molecule has 0 aliphatic heterocycles. The summed E-state index contributed by atoms with van der Waals surface area (Å²) in [6, 6.07) is 10.5. The molecule has 1 aromatic carbocycles. The third kappa shape index (κ3) is 4.14. The molecule has 0 fully saturated rings. The number of hydrogen-bond acceptors (Lipinski definition) is 6. The van der Waals surface area contributed by atoms with Crippen LogP contribution in [0.2, 0.25) is 0 Å².